The number of hydrogen-bond acceptors (Lipinski definition) is 3. The maximum absolute atomic E-state index is 8.72. The molecule has 0 radical (unpaired) electrons. The monoisotopic (exact) mass is 274 g/mol. The van der Waals surface area contributed by atoms with Crippen molar-refractivity contribution in [1.82, 2.24) is 0 Å². The molecule has 0 amide bonds. The van der Waals surface area contributed by atoms with Gasteiger partial charge in [0.1, 0.15) is 6.26 Å². The predicted octanol–water partition coefficient (Wildman–Crippen LogP) is 4.25. The summed E-state index contributed by atoms with van der Waals surface area (Å²) in [5, 5.41) is 8.72. The molecule has 0 aromatic rings. The van der Waals surface area contributed by atoms with E-state index < -0.39 is 0 Å². The Morgan fingerprint density at radius 1 is 1.35 bits per heavy atom. The van der Waals surface area contributed by atoms with Crippen LogP contribution in [0.5, 0.6) is 0 Å². The van der Waals surface area contributed by atoms with E-state index in [4.69, 9.17) is 15.7 Å². The Morgan fingerprint density at radius 2 is 1.95 bits per heavy atom. The maximum atomic E-state index is 8.72. The number of ether oxygens (including phenoxy) is 1. The van der Waals surface area contributed by atoms with Crippen LogP contribution in [0.25, 0.3) is 0 Å². The maximum Gasteiger partial charge on any atom is 0.110 e. The van der Waals surface area contributed by atoms with Gasteiger partial charge in [-0.05, 0) is 25.2 Å². The molecular formula is C17H26N2O. The van der Waals surface area contributed by atoms with Crippen molar-refractivity contribution in [3.63, 3.8) is 0 Å². The lowest BCUT2D eigenvalue weighted by Gasteiger charge is -2.20. The van der Waals surface area contributed by atoms with Crippen LogP contribution in [0.4, 0.5) is 0 Å². The van der Waals surface area contributed by atoms with Gasteiger partial charge in [0, 0.05) is 17.0 Å². The first-order chi connectivity index (χ1) is 9.25. The highest BCUT2D eigenvalue weighted by Crippen LogP contribution is 2.39. The normalized spacial score (nSPS) is 23.2. The zero-order chi connectivity index (χ0) is 15.3. The quantitative estimate of drug-likeness (QED) is 0.602. The van der Waals surface area contributed by atoms with E-state index in [0.29, 0.717) is 24.0 Å². The van der Waals surface area contributed by atoms with Gasteiger partial charge in [0.15, 0.2) is 0 Å². The third-order valence-corrected chi connectivity index (χ3v) is 3.97. The van der Waals surface area contributed by atoms with Crippen LogP contribution >= 0.6 is 0 Å². The van der Waals surface area contributed by atoms with Gasteiger partial charge < -0.3 is 10.5 Å². The minimum Gasteiger partial charge on any atom is -0.468 e. The zero-order valence-electron chi connectivity index (χ0n) is 12.9. The van der Waals surface area contributed by atoms with Crippen molar-refractivity contribution in [3.8, 4) is 6.07 Å². The number of hydrogen-bond donors (Lipinski definition) is 1. The first-order valence-corrected chi connectivity index (χ1v) is 7.12. The molecule has 2 N–H and O–H groups in total. The van der Waals surface area contributed by atoms with Gasteiger partial charge in [-0.2, -0.15) is 5.26 Å². The van der Waals surface area contributed by atoms with E-state index in [1.54, 1.807) is 6.26 Å². The van der Waals surface area contributed by atoms with Gasteiger partial charge in [0.2, 0.25) is 0 Å². The van der Waals surface area contributed by atoms with E-state index in [9.17, 15) is 0 Å². The Bertz CT molecular complexity index is 449. The molecule has 110 valence electrons. The van der Waals surface area contributed by atoms with Crippen LogP contribution in [0.1, 0.15) is 46.5 Å². The Balaban J connectivity index is 2.52. The molecule has 1 aliphatic rings. The van der Waals surface area contributed by atoms with Crippen LogP contribution < -0.4 is 5.73 Å². The highest BCUT2D eigenvalue weighted by atomic mass is 16.5. The summed E-state index contributed by atoms with van der Waals surface area (Å²) in [5.74, 6) is 1.52. The second kappa shape index (κ2) is 6.65. The molecule has 3 heteroatoms. The van der Waals surface area contributed by atoms with Crippen LogP contribution in [-0.4, -0.2) is 0 Å². The topological polar surface area (TPSA) is 59.0 Å². The molecule has 1 fully saturated rings. The molecule has 0 spiro atoms. The van der Waals surface area contributed by atoms with Crippen LogP contribution in [-0.2, 0) is 4.74 Å². The third-order valence-electron chi connectivity index (χ3n) is 3.97. The molecule has 1 aliphatic carbocycles. The standard InChI is InChI=1S/C17H26N2O/c1-12(8-9-18)14-6-7-15(10-14)13(2)20-11-16(19)17(3,4)5/h11,14-15H,1-2,6-8,10,19H2,3-5H3/b16-11-. The van der Waals surface area contributed by atoms with Crippen molar-refractivity contribution in [2.24, 2.45) is 23.0 Å². The largest absolute Gasteiger partial charge is 0.468 e. The van der Waals surface area contributed by atoms with Crippen LogP contribution in [0.15, 0.2) is 36.4 Å². The Morgan fingerprint density at radius 3 is 2.50 bits per heavy atom. The highest BCUT2D eigenvalue weighted by Gasteiger charge is 2.29. The first-order valence-electron chi connectivity index (χ1n) is 7.12. The summed E-state index contributed by atoms with van der Waals surface area (Å²) in [7, 11) is 0. The Hall–Kier alpha value is -1.69. The van der Waals surface area contributed by atoms with Crippen LogP contribution in [0, 0.1) is 28.6 Å². The lowest BCUT2D eigenvalue weighted by Crippen LogP contribution is -2.17. The van der Waals surface area contributed by atoms with Crippen LogP contribution in [0.3, 0.4) is 0 Å². The van der Waals surface area contributed by atoms with Crippen molar-refractivity contribution in [1.29, 1.82) is 5.26 Å². The third kappa shape index (κ3) is 4.45. The van der Waals surface area contributed by atoms with E-state index in [2.05, 4.69) is 19.2 Å². The molecule has 0 aliphatic heterocycles. The summed E-state index contributed by atoms with van der Waals surface area (Å²) >= 11 is 0. The summed E-state index contributed by atoms with van der Waals surface area (Å²) < 4.78 is 5.63. The number of nitrogens with two attached hydrogens (primary N) is 1. The van der Waals surface area contributed by atoms with E-state index in [1.807, 2.05) is 20.8 Å². The molecule has 1 rings (SSSR count). The summed E-state index contributed by atoms with van der Waals surface area (Å²) in [6, 6.07) is 2.17. The lowest BCUT2D eigenvalue weighted by atomic mass is 9.93. The molecule has 20 heavy (non-hydrogen) atoms. The summed E-state index contributed by atoms with van der Waals surface area (Å²) in [6.07, 6.45) is 5.13. The van der Waals surface area contributed by atoms with Gasteiger partial charge in [-0.15, -0.1) is 0 Å². The van der Waals surface area contributed by atoms with Crippen molar-refractivity contribution >= 4 is 0 Å². The summed E-state index contributed by atoms with van der Waals surface area (Å²) in [5.41, 5.74) is 7.61. The fourth-order valence-corrected chi connectivity index (χ4v) is 2.30. The molecule has 0 aromatic carbocycles. The first kappa shape index (κ1) is 16.4. The minimum atomic E-state index is -0.0976. The zero-order valence-corrected chi connectivity index (χ0v) is 12.9. The van der Waals surface area contributed by atoms with Gasteiger partial charge in [0.25, 0.3) is 0 Å². The SMILES string of the molecule is C=C(CC#N)C1CCC(C(=C)O/C=C(\N)C(C)(C)C)C1. The lowest BCUT2D eigenvalue weighted by molar-refractivity contribution is 0.279. The van der Waals surface area contributed by atoms with Crippen LogP contribution in [0.2, 0.25) is 0 Å². The van der Waals surface area contributed by atoms with Crippen molar-refractivity contribution in [2.45, 2.75) is 46.5 Å². The van der Waals surface area contributed by atoms with Gasteiger partial charge in [-0.3, -0.25) is 0 Å². The second-order valence-corrected chi connectivity index (χ2v) is 6.61. The Kier molecular flexibility index (Phi) is 5.44. The summed E-state index contributed by atoms with van der Waals surface area (Å²) in [6.45, 7) is 14.1. The summed E-state index contributed by atoms with van der Waals surface area (Å²) in [4.78, 5) is 0. The molecular weight excluding hydrogens is 248 g/mol. The molecule has 2 atom stereocenters. The van der Waals surface area contributed by atoms with E-state index in [-0.39, 0.29) is 5.41 Å². The van der Waals surface area contributed by atoms with Crippen molar-refractivity contribution in [3.05, 3.63) is 36.4 Å². The average Bonchev–Trinajstić information content (AvgIpc) is 2.84. The molecule has 2 unspecified atom stereocenters. The fourth-order valence-electron chi connectivity index (χ4n) is 2.30. The molecule has 3 nitrogen and oxygen atoms in total. The second-order valence-electron chi connectivity index (χ2n) is 6.61. The smallest absolute Gasteiger partial charge is 0.110 e. The van der Waals surface area contributed by atoms with Crippen molar-refractivity contribution < 1.29 is 4.74 Å². The predicted molar refractivity (Wildman–Crippen MR) is 82.2 cm³/mol. The molecule has 0 bridgehead atoms. The molecule has 1 saturated carbocycles. The fraction of sp³-hybridized carbons (Fsp3) is 0.588. The van der Waals surface area contributed by atoms with Gasteiger partial charge in [0.05, 0.1) is 18.2 Å². The number of allylic oxidation sites excluding steroid dienone is 3. The van der Waals surface area contributed by atoms with E-state index in [1.165, 1.54) is 0 Å². The van der Waals surface area contributed by atoms with E-state index in [0.717, 1.165) is 30.6 Å². The van der Waals surface area contributed by atoms with Gasteiger partial charge in [-0.1, -0.05) is 39.5 Å². The Labute approximate surface area is 122 Å². The van der Waals surface area contributed by atoms with E-state index >= 15 is 0 Å². The average molecular weight is 274 g/mol. The number of nitrogens with zero attached hydrogens (tertiary/aromatic N) is 1. The highest BCUT2D eigenvalue weighted by molar-refractivity contribution is 5.12. The molecule has 0 aromatic heterocycles. The number of rotatable bonds is 5. The van der Waals surface area contributed by atoms with Gasteiger partial charge in [-0.25, -0.2) is 0 Å². The van der Waals surface area contributed by atoms with Crippen molar-refractivity contribution in [2.75, 3.05) is 0 Å². The molecule has 0 saturated heterocycles. The number of nitriles is 1. The minimum absolute atomic E-state index is 0.0976. The van der Waals surface area contributed by atoms with Gasteiger partial charge >= 0.3 is 0 Å². The molecule has 0 heterocycles.